The number of nitrogens with zero attached hydrogens (tertiary/aromatic N) is 3. The summed E-state index contributed by atoms with van der Waals surface area (Å²) in [6.45, 7) is 5.90. The first kappa shape index (κ1) is 12.3. The summed E-state index contributed by atoms with van der Waals surface area (Å²) in [7, 11) is 0. The predicted octanol–water partition coefficient (Wildman–Crippen LogP) is 2.09. The van der Waals surface area contributed by atoms with E-state index in [4.69, 9.17) is 4.74 Å². The smallest absolute Gasteiger partial charge is 0.205 e. The number of morpholine rings is 1. The average Bonchev–Trinajstić information content (AvgIpc) is 2.78. The lowest BCUT2D eigenvalue weighted by atomic mass is 10.2. The second kappa shape index (κ2) is 5.42. The summed E-state index contributed by atoms with van der Waals surface area (Å²) in [6.07, 6.45) is 1.15. The van der Waals surface area contributed by atoms with E-state index in [1.807, 2.05) is 0 Å². The molecule has 2 unspecified atom stereocenters. The molecule has 0 radical (unpaired) electrons. The van der Waals surface area contributed by atoms with Crippen molar-refractivity contribution in [3.05, 3.63) is 5.82 Å². The fourth-order valence-corrected chi connectivity index (χ4v) is 2.94. The number of hydrogen-bond acceptors (Lipinski definition) is 5. The van der Waals surface area contributed by atoms with Gasteiger partial charge in [-0.15, -0.1) is 0 Å². The molecule has 1 aliphatic rings. The van der Waals surface area contributed by atoms with E-state index in [1.165, 1.54) is 11.5 Å². The predicted molar refractivity (Wildman–Crippen MR) is 69.6 cm³/mol. The van der Waals surface area contributed by atoms with Crippen molar-refractivity contribution in [3.8, 4) is 0 Å². The van der Waals surface area contributed by atoms with Gasteiger partial charge in [0.05, 0.1) is 18.8 Å². The Hall–Kier alpha value is -0.200. The number of rotatable bonds is 3. The molecule has 0 aliphatic carbocycles. The molecular weight excluding hydrogens is 290 g/mol. The monoisotopic (exact) mass is 305 g/mol. The van der Waals surface area contributed by atoms with E-state index in [9.17, 15) is 0 Å². The molecule has 1 saturated heterocycles. The van der Waals surface area contributed by atoms with Crippen molar-refractivity contribution in [2.75, 3.05) is 23.4 Å². The minimum absolute atomic E-state index is 0.255. The Morgan fingerprint density at radius 2 is 2.44 bits per heavy atom. The summed E-state index contributed by atoms with van der Waals surface area (Å²) in [6, 6.07) is 0.382. The molecule has 0 saturated carbocycles. The van der Waals surface area contributed by atoms with Crippen molar-refractivity contribution in [2.45, 2.75) is 32.4 Å². The molecule has 1 aliphatic heterocycles. The molecule has 4 nitrogen and oxygen atoms in total. The standard InChI is InChI=1S/C10H16BrN3OS/c1-3-9-12-10(16-13-9)14-5-8(4-11)15-6-7(14)2/h7-8H,3-6H2,1-2H3. The maximum atomic E-state index is 5.69. The van der Waals surface area contributed by atoms with Crippen LogP contribution in [0.4, 0.5) is 5.13 Å². The van der Waals surface area contributed by atoms with Crippen LogP contribution in [0.15, 0.2) is 0 Å². The molecule has 0 aromatic carbocycles. The first-order chi connectivity index (χ1) is 7.74. The second-order valence-corrected chi connectivity index (χ2v) is 5.34. The van der Waals surface area contributed by atoms with Crippen molar-refractivity contribution >= 4 is 32.6 Å². The van der Waals surface area contributed by atoms with E-state index in [0.29, 0.717) is 6.04 Å². The largest absolute Gasteiger partial charge is 0.373 e. The van der Waals surface area contributed by atoms with E-state index in [2.05, 4.69) is 44.0 Å². The average molecular weight is 306 g/mol. The molecule has 1 aromatic heterocycles. The Bertz CT molecular complexity index is 347. The molecule has 2 atom stereocenters. The molecule has 6 heteroatoms. The lowest BCUT2D eigenvalue weighted by molar-refractivity contribution is 0.0379. The van der Waals surface area contributed by atoms with Crippen LogP contribution in [-0.2, 0) is 11.2 Å². The van der Waals surface area contributed by atoms with Crippen molar-refractivity contribution in [1.29, 1.82) is 0 Å². The van der Waals surface area contributed by atoms with Crippen LogP contribution in [0.3, 0.4) is 0 Å². The Morgan fingerprint density at radius 1 is 1.62 bits per heavy atom. The lowest BCUT2D eigenvalue weighted by Crippen LogP contribution is -2.49. The summed E-state index contributed by atoms with van der Waals surface area (Å²) >= 11 is 4.96. The van der Waals surface area contributed by atoms with Crippen LogP contribution in [0.1, 0.15) is 19.7 Å². The van der Waals surface area contributed by atoms with Gasteiger partial charge in [-0.25, -0.2) is 4.98 Å². The van der Waals surface area contributed by atoms with Gasteiger partial charge < -0.3 is 9.64 Å². The summed E-state index contributed by atoms with van der Waals surface area (Å²) in [5.74, 6) is 0.939. The Labute approximate surface area is 108 Å². The fraction of sp³-hybridized carbons (Fsp3) is 0.800. The molecule has 0 N–H and O–H groups in total. The quantitative estimate of drug-likeness (QED) is 0.802. The highest BCUT2D eigenvalue weighted by atomic mass is 79.9. The van der Waals surface area contributed by atoms with Crippen molar-refractivity contribution in [3.63, 3.8) is 0 Å². The zero-order valence-corrected chi connectivity index (χ0v) is 11.9. The highest BCUT2D eigenvalue weighted by Crippen LogP contribution is 2.24. The highest BCUT2D eigenvalue weighted by molar-refractivity contribution is 9.09. The number of hydrogen-bond donors (Lipinski definition) is 0. The lowest BCUT2D eigenvalue weighted by Gasteiger charge is -2.37. The topological polar surface area (TPSA) is 38.2 Å². The van der Waals surface area contributed by atoms with E-state index in [1.54, 1.807) is 0 Å². The fourth-order valence-electron chi connectivity index (χ4n) is 1.68. The van der Waals surface area contributed by atoms with Crippen LogP contribution >= 0.6 is 27.5 Å². The van der Waals surface area contributed by atoms with Gasteiger partial charge in [-0.05, 0) is 6.92 Å². The van der Waals surface area contributed by atoms with Gasteiger partial charge in [0.25, 0.3) is 0 Å². The number of alkyl halides is 1. The Balaban J connectivity index is 2.11. The van der Waals surface area contributed by atoms with Crippen LogP contribution in [-0.4, -0.2) is 40.0 Å². The summed E-state index contributed by atoms with van der Waals surface area (Å²) in [4.78, 5) is 6.83. The molecule has 2 heterocycles. The van der Waals surface area contributed by atoms with Gasteiger partial charge in [0, 0.05) is 29.8 Å². The SMILES string of the molecule is CCc1nsc(N2CC(CBr)OCC2C)n1. The maximum Gasteiger partial charge on any atom is 0.205 e. The van der Waals surface area contributed by atoms with E-state index >= 15 is 0 Å². The van der Waals surface area contributed by atoms with Gasteiger partial charge in [-0.1, -0.05) is 22.9 Å². The minimum Gasteiger partial charge on any atom is -0.373 e. The first-order valence-corrected chi connectivity index (χ1v) is 7.40. The molecule has 1 aromatic rings. The molecule has 90 valence electrons. The van der Waals surface area contributed by atoms with Gasteiger partial charge in [-0.2, -0.15) is 4.37 Å². The first-order valence-electron chi connectivity index (χ1n) is 5.51. The van der Waals surface area contributed by atoms with Crippen molar-refractivity contribution in [1.82, 2.24) is 9.36 Å². The molecule has 2 rings (SSSR count). The molecule has 0 spiro atoms. The minimum atomic E-state index is 0.255. The van der Waals surface area contributed by atoms with Crippen molar-refractivity contribution in [2.24, 2.45) is 0 Å². The molecule has 0 amide bonds. The van der Waals surface area contributed by atoms with Crippen molar-refractivity contribution < 1.29 is 4.74 Å². The van der Waals surface area contributed by atoms with Crippen LogP contribution in [0, 0.1) is 0 Å². The van der Waals surface area contributed by atoms with Gasteiger partial charge in [-0.3, -0.25) is 0 Å². The Morgan fingerprint density at radius 3 is 3.06 bits per heavy atom. The van der Waals surface area contributed by atoms with Crippen LogP contribution < -0.4 is 4.90 Å². The number of halogens is 1. The zero-order valence-electron chi connectivity index (χ0n) is 9.52. The third-order valence-electron chi connectivity index (χ3n) is 2.70. The van der Waals surface area contributed by atoms with Crippen LogP contribution in [0.5, 0.6) is 0 Å². The number of ether oxygens (including phenoxy) is 1. The number of aromatic nitrogens is 2. The second-order valence-electron chi connectivity index (χ2n) is 3.96. The third kappa shape index (κ3) is 2.55. The molecular formula is C10H16BrN3OS. The Kier molecular flexibility index (Phi) is 4.16. The molecule has 1 fully saturated rings. The normalized spacial score (nSPS) is 26.1. The van der Waals surface area contributed by atoms with Gasteiger partial charge in [0.1, 0.15) is 5.82 Å². The van der Waals surface area contributed by atoms with Gasteiger partial charge in [0.2, 0.25) is 5.13 Å². The van der Waals surface area contributed by atoms with Gasteiger partial charge >= 0.3 is 0 Å². The number of aryl methyl sites for hydroxylation is 1. The highest BCUT2D eigenvalue weighted by Gasteiger charge is 2.27. The van der Waals surface area contributed by atoms with Crippen LogP contribution in [0.2, 0.25) is 0 Å². The van der Waals surface area contributed by atoms with E-state index in [-0.39, 0.29) is 6.10 Å². The molecule has 16 heavy (non-hydrogen) atoms. The zero-order chi connectivity index (χ0) is 11.5. The number of anilines is 1. The molecule has 0 bridgehead atoms. The van der Waals surface area contributed by atoms with E-state index < -0.39 is 0 Å². The van der Waals surface area contributed by atoms with E-state index in [0.717, 1.165) is 35.9 Å². The van der Waals surface area contributed by atoms with Gasteiger partial charge in [0.15, 0.2) is 0 Å². The summed E-state index contributed by atoms with van der Waals surface area (Å²) < 4.78 is 10.0. The summed E-state index contributed by atoms with van der Waals surface area (Å²) in [5, 5.41) is 1.90. The maximum absolute atomic E-state index is 5.69. The van der Waals surface area contributed by atoms with Crippen LogP contribution in [0.25, 0.3) is 0 Å². The summed E-state index contributed by atoms with van der Waals surface area (Å²) in [5.41, 5.74) is 0. The third-order valence-corrected chi connectivity index (χ3v) is 4.21.